The Morgan fingerprint density at radius 3 is 2.44 bits per heavy atom. The van der Waals surface area contributed by atoms with E-state index in [2.05, 4.69) is 10.6 Å². The third kappa shape index (κ3) is 2.14. The molecule has 1 aliphatic heterocycles. The van der Waals surface area contributed by atoms with E-state index in [1.54, 1.807) is 0 Å². The summed E-state index contributed by atoms with van der Waals surface area (Å²) in [7, 11) is 0. The average Bonchev–Trinajstić information content (AvgIpc) is 2.18. The highest BCUT2D eigenvalue weighted by Crippen LogP contribution is 2.20. The van der Waals surface area contributed by atoms with Gasteiger partial charge in [0.25, 0.3) is 0 Å². The van der Waals surface area contributed by atoms with Crippen LogP contribution in [-0.2, 0) is 9.59 Å². The molecule has 0 aromatic carbocycles. The van der Waals surface area contributed by atoms with Crippen LogP contribution >= 0.6 is 0 Å². The molecule has 6 N–H and O–H groups in total. The highest BCUT2D eigenvalue weighted by molar-refractivity contribution is 5.79. The average molecular weight is 234 g/mol. The van der Waals surface area contributed by atoms with E-state index in [0.29, 0.717) is 0 Å². The van der Waals surface area contributed by atoms with Crippen LogP contribution < -0.4 is 10.6 Å². The molecule has 4 atom stereocenters. The van der Waals surface area contributed by atoms with Crippen LogP contribution in [0.4, 0.5) is 0 Å². The molecular formula is C8H14N2O6. The second kappa shape index (κ2) is 4.34. The van der Waals surface area contributed by atoms with Gasteiger partial charge in [0.2, 0.25) is 11.5 Å². The van der Waals surface area contributed by atoms with Crippen molar-refractivity contribution in [3.63, 3.8) is 0 Å². The van der Waals surface area contributed by atoms with Gasteiger partial charge in [0.1, 0.15) is 18.4 Å². The van der Waals surface area contributed by atoms with Gasteiger partial charge < -0.3 is 25.7 Å². The minimum Gasteiger partial charge on any atom is -0.479 e. The van der Waals surface area contributed by atoms with Crippen LogP contribution in [0.15, 0.2) is 0 Å². The topological polar surface area (TPSA) is 139 Å². The van der Waals surface area contributed by atoms with E-state index in [4.69, 9.17) is 5.11 Å². The van der Waals surface area contributed by atoms with Crippen molar-refractivity contribution in [2.24, 2.45) is 0 Å². The lowest BCUT2D eigenvalue weighted by molar-refractivity contribution is -0.193. The predicted octanol–water partition coefficient (Wildman–Crippen LogP) is -3.41. The molecule has 0 aromatic heterocycles. The van der Waals surface area contributed by atoms with Gasteiger partial charge in [-0.05, 0) is 0 Å². The van der Waals surface area contributed by atoms with Crippen molar-refractivity contribution in [2.75, 3.05) is 6.54 Å². The fourth-order valence-electron chi connectivity index (χ4n) is 1.51. The molecule has 0 aromatic rings. The number of hydrogen-bond donors (Lipinski definition) is 6. The largest absolute Gasteiger partial charge is 0.479 e. The van der Waals surface area contributed by atoms with E-state index < -0.39 is 42.4 Å². The van der Waals surface area contributed by atoms with E-state index in [9.17, 15) is 24.9 Å². The first kappa shape index (κ1) is 12.8. The van der Waals surface area contributed by atoms with Crippen LogP contribution in [0.25, 0.3) is 0 Å². The molecule has 0 spiro atoms. The van der Waals surface area contributed by atoms with Gasteiger partial charge >= 0.3 is 5.97 Å². The monoisotopic (exact) mass is 234 g/mol. The highest BCUT2D eigenvalue weighted by atomic mass is 16.4. The van der Waals surface area contributed by atoms with E-state index in [1.807, 2.05) is 0 Å². The van der Waals surface area contributed by atoms with Crippen LogP contribution in [0, 0.1) is 0 Å². The molecule has 1 heterocycles. The minimum absolute atomic E-state index is 0.454. The first-order valence-corrected chi connectivity index (χ1v) is 4.61. The number of carbonyl (C=O) groups is 2. The Kier molecular flexibility index (Phi) is 3.48. The molecule has 0 radical (unpaired) electrons. The van der Waals surface area contributed by atoms with Crippen molar-refractivity contribution in [1.82, 2.24) is 10.6 Å². The molecule has 0 aliphatic carbocycles. The molecule has 1 fully saturated rings. The van der Waals surface area contributed by atoms with E-state index >= 15 is 0 Å². The molecule has 0 unspecified atom stereocenters. The maximum atomic E-state index is 10.7. The van der Waals surface area contributed by atoms with Gasteiger partial charge in [0.05, 0.1) is 0 Å². The van der Waals surface area contributed by atoms with Gasteiger partial charge in [-0.15, -0.1) is 0 Å². The number of carboxylic acid groups (broad SMARTS) is 1. The second-order valence-electron chi connectivity index (χ2n) is 3.72. The number of rotatable bonds is 2. The van der Waals surface area contributed by atoms with Crippen molar-refractivity contribution >= 4 is 11.9 Å². The summed E-state index contributed by atoms with van der Waals surface area (Å²) in [5.41, 5.74) is -2.46. The molecule has 8 nitrogen and oxygen atoms in total. The number of nitrogens with one attached hydrogen (secondary N) is 2. The lowest BCUT2D eigenvalue weighted by atomic mass is 9.87. The first-order valence-electron chi connectivity index (χ1n) is 4.61. The Morgan fingerprint density at radius 1 is 1.44 bits per heavy atom. The Balaban J connectivity index is 2.79. The van der Waals surface area contributed by atoms with Crippen molar-refractivity contribution in [2.45, 2.75) is 30.9 Å². The zero-order chi connectivity index (χ0) is 12.5. The number of piperidine rings is 1. The fourth-order valence-corrected chi connectivity index (χ4v) is 1.51. The van der Waals surface area contributed by atoms with Gasteiger partial charge in [-0.1, -0.05) is 0 Å². The third-order valence-corrected chi connectivity index (χ3v) is 2.47. The standard InChI is InChI=1S/C8H14N2O6/c1-3(11)10-6-4(12)5(13)8(16,2-9-6)7(14)15/h4-6,9,12-13,16H,2H2,1H3,(H,10,11)(H,14,15)/t4-,5+,6+,8+/m0/s1. The van der Waals surface area contributed by atoms with E-state index in [0.717, 1.165) is 0 Å². The Hall–Kier alpha value is -1.22. The summed E-state index contributed by atoms with van der Waals surface area (Å²) in [5, 5.41) is 42.0. The summed E-state index contributed by atoms with van der Waals surface area (Å²) in [6.45, 7) is 0.726. The van der Waals surface area contributed by atoms with Crippen LogP contribution in [0.2, 0.25) is 0 Å². The summed E-state index contributed by atoms with van der Waals surface area (Å²) in [6, 6.07) is 0. The number of carboxylic acids is 1. The maximum absolute atomic E-state index is 10.7. The molecule has 0 bridgehead atoms. The Morgan fingerprint density at radius 2 is 2.00 bits per heavy atom. The lowest BCUT2D eigenvalue weighted by Gasteiger charge is -2.41. The fraction of sp³-hybridized carbons (Fsp3) is 0.750. The van der Waals surface area contributed by atoms with Crippen LogP contribution in [-0.4, -0.2) is 62.8 Å². The summed E-state index contributed by atoms with van der Waals surface area (Å²) in [6.07, 6.45) is -4.49. The molecule has 1 amide bonds. The number of amides is 1. The number of β-amino-alcohol motifs (C(OH)–C–C–N with tert-alkyl or cyclic N) is 1. The minimum atomic E-state index is -2.46. The Bertz CT molecular complexity index is 309. The molecule has 8 heteroatoms. The normalized spacial score (nSPS) is 39.1. The molecule has 1 aliphatic rings. The predicted molar refractivity (Wildman–Crippen MR) is 50.2 cm³/mol. The molecule has 92 valence electrons. The first-order chi connectivity index (χ1) is 7.29. The molecule has 1 rings (SSSR count). The number of aliphatic hydroxyl groups is 3. The third-order valence-electron chi connectivity index (χ3n) is 2.47. The van der Waals surface area contributed by atoms with Gasteiger partial charge in [0, 0.05) is 13.5 Å². The van der Waals surface area contributed by atoms with E-state index in [-0.39, 0.29) is 0 Å². The van der Waals surface area contributed by atoms with Crippen LogP contribution in [0.1, 0.15) is 6.92 Å². The van der Waals surface area contributed by atoms with Crippen molar-refractivity contribution in [3.8, 4) is 0 Å². The number of hydrogen-bond acceptors (Lipinski definition) is 6. The maximum Gasteiger partial charge on any atom is 0.339 e. The molecule has 1 saturated heterocycles. The lowest BCUT2D eigenvalue weighted by Crippen LogP contribution is -2.72. The summed E-state index contributed by atoms with van der Waals surface area (Å²) in [5.74, 6) is -2.10. The molecular weight excluding hydrogens is 220 g/mol. The van der Waals surface area contributed by atoms with Crippen LogP contribution in [0.3, 0.4) is 0 Å². The van der Waals surface area contributed by atoms with Gasteiger partial charge in [-0.3, -0.25) is 10.1 Å². The highest BCUT2D eigenvalue weighted by Gasteiger charge is 2.52. The summed E-state index contributed by atoms with van der Waals surface area (Å²) in [4.78, 5) is 21.4. The molecule has 16 heavy (non-hydrogen) atoms. The van der Waals surface area contributed by atoms with Crippen LogP contribution in [0.5, 0.6) is 0 Å². The zero-order valence-electron chi connectivity index (χ0n) is 8.54. The van der Waals surface area contributed by atoms with Crippen molar-refractivity contribution in [3.05, 3.63) is 0 Å². The van der Waals surface area contributed by atoms with Crippen molar-refractivity contribution in [1.29, 1.82) is 0 Å². The summed E-state index contributed by atoms with van der Waals surface area (Å²) >= 11 is 0. The smallest absolute Gasteiger partial charge is 0.339 e. The molecule has 0 saturated carbocycles. The van der Waals surface area contributed by atoms with E-state index in [1.165, 1.54) is 6.92 Å². The van der Waals surface area contributed by atoms with Gasteiger partial charge in [0.15, 0.2) is 0 Å². The van der Waals surface area contributed by atoms with Gasteiger partial charge in [-0.25, -0.2) is 4.79 Å². The summed E-state index contributed by atoms with van der Waals surface area (Å²) < 4.78 is 0. The van der Waals surface area contributed by atoms with Crippen molar-refractivity contribution < 1.29 is 30.0 Å². The zero-order valence-corrected chi connectivity index (χ0v) is 8.54. The van der Waals surface area contributed by atoms with Gasteiger partial charge in [-0.2, -0.15) is 0 Å². The quantitative estimate of drug-likeness (QED) is 0.292. The number of carbonyl (C=O) groups excluding carboxylic acids is 1. The Labute approximate surface area is 90.9 Å². The number of aliphatic carboxylic acids is 1. The second-order valence-corrected chi connectivity index (χ2v) is 3.72. The number of aliphatic hydroxyl groups excluding tert-OH is 2. The SMILES string of the molecule is CC(=O)N[C@H]1NC[C@](O)(C(=O)O)[C@H](O)[C@@H]1O.